The zero-order valence-electron chi connectivity index (χ0n) is 16.7. The van der Waals surface area contributed by atoms with Crippen LogP contribution in [0.1, 0.15) is 24.5 Å². The highest BCUT2D eigenvalue weighted by molar-refractivity contribution is 5.89. The minimum Gasteiger partial charge on any atom is -0.206 e. The zero-order valence-corrected chi connectivity index (χ0v) is 16.7. The van der Waals surface area contributed by atoms with Crippen LogP contribution in [0.25, 0.3) is 33.0 Å². The fourth-order valence-electron chi connectivity index (χ4n) is 3.76. The molecule has 0 saturated carbocycles. The van der Waals surface area contributed by atoms with Crippen molar-refractivity contribution in [3.8, 4) is 22.3 Å². The summed E-state index contributed by atoms with van der Waals surface area (Å²) in [6.07, 6.45) is -2.54. The van der Waals surface area contributed by atoms with E-state index in [-0.39, 0.29) is 11.1 Å². The van der Waals surface area contributed by atoms with E-state index in [1.54, 1.807) is 18.2 Å². The lowest BCUT2D eigenvalue weighted by molar-refractivity contribution is -0.137. The summed E-state index contributed by atoms with van der Waals surface area (Å²) in [4.78, 5) is 0. The van der Waals surface area contributed by atoms with E-state index in [2.05, 4.69) is 6.92 Å². The molecular formula is C26H19F5. The molecule has 4 rings (SSSR count). The second kappa shape index (κ2) is 8.14. The van der Waals surface area contributed by atoms with Crippen molar-refractivity contribution in [1.29, 1.82) is 0 Å². The van der Waals surface area contributed by atoms with Crippen molar-refractivity contribution in [2.45, 2.75) is 25.9 Å². The molecule has 0 spiro atoms. The molecule has 0 atom stereocenters. The van der Waals surface area contributed by atoms with E-state index >= 15 is 4.39 Å². The molecule has 0 nitrogen and oxygen atoms in total. The first-order chi connectivity index (χ1) is 14.8. The highest BCUT2D eigenvalue weighted by Crippen LogP contribution is 2.34. The molecule has 0 unspecified atom stereocenters. The van der Waals surface area contributed by atoms with Crippen molar-refractivity contribution >= 4 is 10.8 Å². The summed E-state index contributed by atoms with van der Waals surface area (Å²) >= 11 is 0. The Morgan fingerprint density at radius 1 is 0.710 bits per heavy atom. The number of halogens is 5. The van der Waals surface area contributed by atoms with Gasteiger partial charge in [0, 0.05) is 16.5 Å². The van der Waals surface area contributed by atoms with E-state index in [1.165, 1.54) is 24.3 Å². The van der Waals surface area contributed by atoms with Crippen molar-refractivity contribution in [3.05, 3.63) is 95.6 Å². The first-order valence-corrected chi connectivity index (χ1v) is 9.96. The van der Waals surface area contributed by atoms with Crippen molar-refractivity contribution in [3.63, 3.8) is 0 Å². The van der Waals surface area contributed by atoms with Crippen molar-refractivity contribution < 1.29 is 22.0 Å². The topological polar surface area (TPSA) is 0 Å². The number of fused-ring (bicyclic) bond motifs is 1. The fourth-order valence-corrected chi connectivity index (χ4v) is 3.76. The molecule has 0 amide bonds. The van der Waals surface area contributed by atoms with Crippen LogP contribution in [0.5, 0.6) is 0 Å². The average Bonchev–Trinajstić information content (AvgIpc) is 2.74. The van der Waals surface area contributed by atoms with E-state index < -0.39 is 23.4 Å². The normalized spacial score (nSPS) is 11.8. The Bertz CT molecular complexity index is 1240. The first kappa shape index (κ1) is 21.0. The molecule has 31 heavy (non-hydrogen) atoms. The minimum atomic E-state index is -4.45. The minimum absolute atomic E-state index is 0.155. The number of benzene rings is 4. The molecule has 5 heteroatoms. The second-order valence-electron chi connectivity index (χ2n) is 7.50. The molecule has 0 heterocycles. The molecule has 0 bridgehead atoms. The SMILES string of the molecule is CCCc1ccc2c(F)c(-c3ccc(-c4ccc(C(F)(F)F)cc4)c(F)c3)ccc2c1. The van der Waals surface area contributed by atoms with Crippen LogP contribution >= 0.6 is 0 Å². The van der Waals surface area contributed by atoms with E-state index in [0.29, 0.717) is 16.5 Å². The van der Waals surface area contributed by atoms with Gasteiger partial charge >= 0.3 is 6.18 Å². The van der Waals surface area contributed by atoms with Crippen molar-refractivity contribution in [2.24, 2.45) is 0 Å². The summed E-state index contributed by atoms with van der Waals surface area (Å²) in [5.74, 6) is -1.06. The Morgan fingerprint density at radius 2 is 1.39 bits per heavy atom. The zero-order chi connectivity index (χ0) is 22.2. The van der Waals surface area contributed by atoms with Gasteiger partial charge < -0.3 is 0 Å². The van der Waals surface area contributed by atoms with E-state index in [0.717, 1.165) is 35.9 Å². The number of hydrogen-bond acceptors (Lipinski definition) is 0. The lowest BCUT2D eigenvalue weighted by Crippen LogP contribution is -2.04. The Hall–Kier alpha value is -3.21. The van der Waals surface area contributed by atoms with E-state index in [9.17, 15) is 17.6 Å². The van der Waals surface area contributed by atoms with Gasteiger partial charge in [-0.05, 0) is 46.7 Å². The molecule has 0 radical (unpaired) electrons. The van der Waals surface area contributed by atoms with Crippen LogP contribution in [-0.4, -0.2) is 0 Å². The van der Waals surface area contributed by atoms with Gasteiger partial charge in [0.1, 0.15) is 11.6 Å². The average molecular weight is 426 g/mol. The standard InChI is InChI=1S/C26H19F5/c1-2-3-16-4-11-22-18(14-16)8-13-23(25(22)28)19-7-12-21(24(27)15-19)17-5-9-20(10-6-17)26(29,30)31/h4-15H,2-3H2,1H3. The van der Waals surface area contributed by atoms with E-state index in [1.807, 2.05) is 18.2 Å². The Labute approximate surface area is 177 Å². The van der Waals surface area contributed by atoms with Gasteiger partial charge in [0.25, 0.3) is 0 Å². The third-order valence-corrected chi connectivity index (χ3v) is 5.36. The monoisotopic (exact) mass is 426 g/mol. The molecule has 4 aromatic carbocycles. The summed E-state index contributed by atoms with van der Waals surface area (Å²) in [5, 5.41) is 1.25. The third-order valence-electron chi connectivity index (χ3n) is 5.36. The predicted molar refractivity (Wildman–Crippen MR) is 114 cm³/mol. The van der Waals surface area contributed by atoms with Crippen LogP contribution in [0, 0.1) is 11.6 Å². The smallest absolute Gasteiger partial charge is 0.206 e. The fraction of sp³-hybridized carbons (Fsp3) is 0.154. The molecule has 0 N–H and O–H groups in total. The quantitative estimate of drug-likeness (QED) is 0.287. The van der Waals surface area contributed by atoms with Gasteiger partial charge in [-0.2, -0.15) is 13.2 Å². The van der Waals surface area contributed by atoms with Crippen LogP contribution in [0.2, 0.25) is 0 Å². The molecule has 0 aliphatic heterocycles. The Kier molecular flexibility index (Phi) is 5.52. The summed E-state index contributed by atoms with van der Waals surface area (Å²) in [6.45, 7) is 2.08. The molecule has 0 aliphatic carbocycles. The Morgan fingerprint density at radius 3 is 2.03 bits per heavy atom. The maximum Gasteiger partial charge on any atom is 0.416 e. The van der Waals surface area contributed by atoms with Gasteiger partial charge in [0.15, 0.2) is 0 Å². The lowest BCUT2D eigenvalue weighted by atomic mass is 9.96. The van der Waals surface area contributed by atoms with Gasteiger partial charge in [-0.25, -0.2) is 8.78 Å². The highest BCUT2D eigenvalue weighted by Gasteiger charge is 2.30. The first-order valence-electron chi connectivity index (χ1n) is 9.96. The number of aryl methyl sites for hydroxylation is 1. The molecular weight excluding hydrogens is 407 g/mol. The highest BCUT2D eigenvalue weighted by atomic mass is 19.4. The lowest BCUT2D eigenvalue weighted by Gasteiger charge is -2.11. The van der Waals surface area contributed by atoms with Crippen molar-refractivity contribution in [2.75, 3.05) is 0 Å². The van der Waals surface area contributed by atoms with Crippen LogP contribution in [0.3, 0.4) is 0 Å². The maximum atomic E-state index is 15.2. The second-order valence-corrected chi connectivity index (χ2v) is 7.50. The van der Waals surface area contributed by atoms with Crippen LogP contribution in [0.15, 0.2) is 72.8 Å². The number of rotatable bonds is 4. The van der Waals surface area contributed by atoms with Crippen LogP contribution < -0.4 is 0 Å². The van der Waals surface area contributed by atoms with Gasteiger partial charge in [0.05, 0.1) is 5.56 Å². The molecule has 4 aromatic rings. The summed E-state index contributed by atoms with van der Waals surface area (Å²) in [5.41, 5.74) is 1.45. The summed E-state index contributed by atoms with van der Waals surface area (Å²) in [7, 11) is 0. The molecule has 0 fully saturated rings. The number of hydrogen-bond donors (Lipinski definition) is 0. The summed E-state index contributed by atoms with van der Waals surface area (Å²) in [6, 6.07) is 17.6. The molecule has 158 valence electrons. The Balaban J connectivity index is 1.70. The van der Waals surface area contributed by atoms with E-state index in [4.69, 9.17) is 0 Å². The van der Waals surface area contributed by atoms with Gasteiger partial charge in [-0.3, -0.25) is 0 Å². The van der Waals surface area contributed by atoms with Gasteiger partial charge in [-0.1, -0.05) is 67.9 Å². The predicted octanol–water partition coefficient (Wildman–Crippen LogP) is 8.42. The number of alkyl halides is 3. The molecule has 0 saturated heterocycles. The molecule has 0 aliphatic rings. The summed E-state index contributed by atoms with van der Waals surface area (Å²) < 4.78 is 68.2. The van der Waals surface area contributed by atoms with Crippen LogP contribution in [0.4, 0.5) is 22.0 Å². The van der Waals surface area contributed by atoms with Crippen LogP contribution in [-0.2, 0) is 12.6 Å². The molecule has 0 aromatic heterocycles. The largest absolute Gasteiger partial charge is 0.416 e. The maximum absolute atomic E-state index is 15.2. The third kappa shape index (κ3) is 4.18. The van der Waals surface area contributed by atoms with Gasteiger partial charge in [-0.15, -0.1) is 0 Å². The van der Waals surface area contributed by atoms with Gasteiger partial charge in [0.2, 0.25) is 0 Å². The van der Waals surface area contributed by atoms with Crippen molar-refractivity contribution in [1.82, 2.24) is 0 Å².